The van der Waals surface area contributed by atoms with Gasteiger partial charge in [-0.2, -0.15) is 0 Å². The number of rotatable bonds is 0. The van der Waals surface area contributed by atoms with Crippen LogP contribution in [0.25, 0.3) is 0 Å². The zero-order chi connectivity index (χ0) is 5.98. The average Bonchev–Trinajstić information content (AvgIpc) is 1.77. The molecule has 3 heteroatoms. The van der Waals surface area contributed by atoms with Gasteiger partial charge in [0, 0.05) is 12.8 Å². The molecule has 1 N–H and O–H groups in total. The van der Waals surface area contributed by atoms with Crippen molar-refractivity contribution in [3.8, 4) is 0 Å². The molecule has 2 nitrogen and oxygen atoms in total. The molecular weight excluding hydrogens is 243 g/mol. The van der Waals surface area contributed by atoms with Gasteiger partial charge in [0.05, 0.1) is 6.10 Å². The average molecular weight is 262 g/mol. The zero-order valence-corrected chi connectivity index (χ0v) is 9.73. The van der Waals surface area contributed by atoms with E-state index in [9.17, 15) is 4.79 Å². The molecule has 0 unspecified atom stereocenters. The van der Waals surface area contributed by atoms with Crippen LogP contribution in [0.1, 0.15) is 25.7 Å². The summed E-state index contributed by atoms with van der Waals surface area (Å²) in [4.78, 5) is 10.5. The molecule has 0 atom stereocenters. The normalized spacial score (nSPS) is 15.9. The predicted molar refractivity (Wildman–Crippen MR) is 48.7 cm³/mol. The third kappa shape index (κ3) is 8.35. The Balaban J connectivity index is -0.0000000800. The van der Waals surface area contributed by atoms with Crippen molar-refractivity contribution in [3.63, 3.8) is 0 Å². The number of hydrogen-bond acceptors (Lipinski definition) is 2. The van der Waals surface area contributed by atoms with Crippen LogP contribution < -0.4 is 0 Å². The van der Waals surface area contributed by atoms with Gasteiger partial charge in [0.15, 0.2) is 0 Å². The summed E-state index contributed by atoms with van der Waals surface area (Å²) in [6.45, 7) is 0. The summed E-state index contributed by atoms with van der Waals surface area (Å²) >= 11 is 0. The van der Waals surface area contributed by atoms with E-state index >= 15 is 0 Å². The Labute approximate surface area is 89.5 Å². The van der Waals surface area contributed by atoms with Crippen LogP contribution in [-0.4, -0.2) is 17.0 Å². The molecule has 0 amide bonds. The van der Waals surface area contributed by atoms with Gasteiger partial charge in [0.1, 0.15) is 5.78 Å². The predicted octanol–water partition coefficient (Wildman–Crippen LogP) is 1.84. The number of ketones is 1. The van der Waals surface area contributed by atoms with Gasteiger partial charge in [-0.25, -0.2) is 0 Å². The molecule has 1 rings (SSSR count). The van der Waals surface area contributed by atoms with Gasteiger partial charge in [-0.3, -0.25) is 4.79 Å². The summed E-state index contributed by atoms with van der Waals surface area (Å²) in [6, 6.07) is 0. The van der Waals surface area contributed by atoms with Crippen molar-refractivity contribution in [1.29, 1.82) is 0 Å². The van der Waals surface area contributed by atoms with Crippen LogP contribution in [0.4, 0.5) is 0 Å². The standard InChI is InChI=1S/C6H10O2.3CH3.Rh/c7-5-1-2-6(8)4-3-5;;;;/h5,7H,1-4H2;3*1H3;/q;3*-1;+3. The Bertz CT molecular complexity index is 94.7. The van der Waals surface area contributed by atoms with E-state index in [1.165, 1.54) is 0 Å². The first kappa shape index (κ1) is 22.8. The Morgan fingerprint density at radius 1 is 1.08 bits per heavy atom. The second kappa shape index (κ2) is 11.3. The summed E-state index contributed by atoms with van der Waals surface area (Å²) in [6.07, 6.45) is 2.33. The van der Waals surface area contributed by atoms with E-state index in [1.54, 1.807) is 0 Å². The SMILES string of the molecule is O=C1CCC(O)CC1.[CH3-].[CH3-].[CH3-].[Rh+3]. The van der Waals surface area contributed by atoms with Crippen LogP contribution in [0.2, 0.25) is 0 Å². The summed E-state index contributed by atoms with van der Waals surface area (Å²) < 4.78 is 0. The van der Waals surface area contributed by atoms with Gasteiger partial charge in [0.25, 0.3) is 0 Å². The zero-order valence-electron chi connectivity index (χ0n) is 8.09. The van der Waals surface area contributed by atoms with E-state index in [4.69, 9.17) is 5.11 Å². The van der Waals surface area contributed by atoms with Crippen LogP contribution in [0.15, 0.2) is 0 Å². The quantitative estimate of drug-likeness (QED) is 0.534. The van der Waals surface area contributed by atoms with E-state index < -0.39 is 0 Å². The first-order valence-electron chi connectivity index (χ1n) is 2.99. The fraction of sp³-hybridized carbons (Fsp3) is 0.556. The molecule has 0 radical (unpaired) electrons. The minimum absolute atomic E-state index is 0. The van der Waals surface area contributed by atoms with Crippen molar-refractivity contribution < 1.29 is 29.4 Å². The summed E-state index contributed by atoms with van der Waals surface area (Å²) in [5.74, 6) is 0.301. The van der Waals surface area contributed by atoms with Crippen molar-refractivity contribution in [2.45, 2.75) is 31.8 Å². The number of hydrogen-bond donors (Lipinski definition) is 1. The number of aliphatic hydroxyl groups is 1. The second-order valence-corrected chi connectivity index (χ2v) is 2.27. The van der Waals surface area contributed by atoms with E-state index in [0.29, 0.717) is 31.5 Å². The fourth-order valence-corrected chi connectivity index (χ4v) is 0.925. The maximum atomic E-state index is 10.5. The molecule has 0 saturated heterocycles. The maximum Gasteiger partial charge on any atom is 3.00 e. The Morgan fingerprint density at radius 3 is 1.67 bits per heavy atom. The van der Waals surface area contributed by atoms with Gasteiger partial charge >= 0.3 is 19.5 Å². The fourth-order valence-electron chi connectivity index (χ4n) is 0.925. The first-order chi connectivity index (χ1) is 3.79. The monoisotopic (exact) mass is 262 g/mol. The minimum Gasteiger partial charge on any atom is -0.393 e. The number of carbonyl (C=O) groups excluding carboxylic acids is 1. The molecule has 0 bridgehead atoms. The minimum atomic E-state index is -0.201. The van der Waals surface area contributed by atoms with Crippen molar-refractivity contribution in [2.75, 3.05) is 0 Å². The Hall–Kier alpha value is 0.253. The van der Waals surface area contributed by atoms with Crippen LogP contribution in [-0.2, 0) is 24.3 Å². The smallest absolute Gasteiger partial charge is 0.393 e. The first-order valence-corrected chi connectivity index (χ1v) is 2.99. The topological polar surface area (TPSA) is 37.3 Å². The van der Waals surface area contributed by atoms with Gasteiger partial charge in [-0.1, -0.05) is 0 Å². The molecule has 0 spiro atoms. The molecular formula is C9H19O2Rh. The van der Waals surface area contributed by atoms with Gasteiger partial charge in [-0.05, 0) is 12.8 Å². The third-order valence-electron chi connectivity index (χ3n) is 1.51. The van der Waals surface area contributed by atoms with Crippen molar-refractivity contribution >= 4 is 5.78 Å². The van der Waals surface area contributed by atoms with Gasteiger partial charge < -0.3 is 27.4 Å². The Kier molecular flexibility index (Phi) is 21.4. The number of aliphatic hydroxyl groups excluding tert-OH is 1. The van der Waals surface area contributed by atoms with Crippen molar-refractivity contribution in [3.05, 3.63) is 22.3 Å². The summed E-state index contributed by atoms with van der Waals surface area (Å²) in [7, 11) is 0. The van der Waals surface area contributed by atoms with Crippen LogP contribution in [0.3, 0.4) is 0 Å². The molecule has 0 aromatic rings. The van der Waals surface area contributed by atoms with Crippen molar-refractivity contribution in [1.82, 2.24) is 0 Å². The maximum absolute atomic E-state index is 10.5. The van der Waals surface area contributed by atoms with E-state index in [0.717, 1.165) is 0 Å². The van der Waals surface area contributed by atoms with Crippen LogP contribution >= 0.6 is 0 Å². The molecule has 0 heterocycles. The van der Waals surface area contributed by atoms with Crippen LogP contribution in [0.5, 0.6) is 0 Å². The van der Waals surface area contributed by atoms with E-state index in [1.807, 2.05) is 0 Å². The second-order valence-electron chi connectivity index (χ2n) is 2.27. The molecule has 0 aromatic heterocycles. The molecule has 0 aromatic carbocycles. The summed E-state index contributed by atoms with van der Waals surface area (Å²) in [5, 5.41) is 8.87. The molecule has 1 saturated carbocycles. The molecule has 12 heavy (non-hydrogen) atoms. The van der Waals surface area contributed by atoms with Gasteiger partial charge in [-0.15, -0.1) is 0 Å². The van der Waals surface area contributed by atoms with Gasteiger partial charge in [0.2, 0.25) is 0 Å². The molecule has 1 aliphatic rings. The molecule has 1 fully saturated rings. The number of carbonyl (C=O) groups is 1. The van der Waals surface area contributed by atoms with E-state index in [2.05, 4.69) is 0 Å². The largest absolute Gasteiger partial charge is 3.00 e. The molecule has 76 valence electrons. The van der Waals surface area contributed by atoms with Crippen molar-refractivity contribution in [2.24, 2.45) is 0 Å². The van der Waals surface area contributed by atoms with E-state index in [-0.39, 0.29) is 47.9 Å². The molecule has 0 aliphatic heterocycles. The number of Topliss-reactive ketones (excluding diaryl/α,β-unsaturated/α-hetero) is 1. The molecule has 1 aliphatic carbocycles. The third-order valence-corrected chi connectivity index (χ3v) is 1.51. The Morgan fingerprint density at radius 2 is 1.42 bits per heavy atom. The van der Waals surface area contributed by atoms with Crippen LogP contribution in [0, 0.1) is 22.3 Å². The summed E-state index contributed by atoms with van der Waals surface area (Å²) in [5.41, 5.74) is 0.